The fourth-order valence-electron chi connectivity index (χ4n) is 2.59. The van der Waals surface area contributed by atoms with Crippen LogP contribution >= 0.6 is 0 Å². The van der Waals surface area contributed by atoms with E-state index in [4.69, 9.17) is 9.47 Å². The van der Waals surface area contributed by atoms with E-state index in [1.807, 2.05) is 24.3 Å². The van der Waals surface area contributed by atoms with Gasteiger partial charge in [-0.2, -0.15) is 0 Å². The average molecular weight is 330 g/mol. The summed E-state index contributed by atoms with van der Waals surface area (Å²) in [6, 6.07) is 7.70. The summed E-state index contributed by atoms with van der Waals surface area (Å²) in [6.07, 6.45) is 0.707. The van der Waals surface area contributed by atoms with Crippen LogP contribution in [0.4, 0.5) is 0 Å². The maximum absolute atomic E-state index is 12.3. The first kappa shape index (κ1) is 17.6. The Labute approximate surface area is 141 Å². The summed E-state index contributed by atoms with van der Waals surface area (Å²) in [5, 5.41) is 2.86. The van der Waals surface area contributed by atoms with Gasteiger partial charge >= 0.3 is 5.97 Å². The molecule has 0 aliphatic heterocycles. The SMILES string of the molecule is COC(=O)c1c(C)[nH]c(C(=O)NCCc2ccc(OC)cc2)c1C. The standard InChI is InChI=1S/C18H22N2O4/c1-11-15(18(22)24-4)12(2)20-16(11)17(21)19-10-9-13-5-7-14(23-3)8-6-13/h5-8,20H,9-10H2,1-4H3,(H,19,21). The van der Waals surface area contributed by atoms with Gasteiger partial charge < -0.3 is 19.8 Å². The lowest BCUT2D eigenvalue weighted by atomic mass is 10.1. The molecule has 0 saturated heterocycles. The fourth-order valence-corrected chi connectivity index (χ4v) is 2.59. The van der Waals surface area contributed by atoms with E-state index in [1.54, 1.807) is 21.0 Å². The maximum atomic E-state index is 12.3. The van der Waals surface area contributed by atoms with Crippen molar-refractivity contribution in [3.8, 4) is 5.75 Å². The van der Waals surface area contributed by atoms with E-state index in [9.17, 15) is 9.59 Å². The van der Waals surface area contributed by atoms with Gasteiger partial charge in [-0.3, -0.25) is 4.79 Å². The highest BCUT2D eigenvalue weighted by atomic mass is 16.5. The molecule has 128 valence electrons. The van der Waals surface area contributed by atoms with E-state index in [0.29, 0.717) is 35.5 Å². The van der Waals surface area contributed by atoms with Crippen molar-refractivity contribution in [3.05, 3.63) is 52.3 Å². The van der Waals surface area contributed by atoms with Crippen LogP contribution in [0.3, 0.4) is 0 Å². The molecule has 2 N–H and O–H groups in total. The number of hydrogen-bond acceptors (Lipinski definition) is 4. The molecule has 1 aromatic heterocycles. The summed E-state index contributed by atoms with van der Waals surface area (Å²) in [5.41, 5.74) is 3.13. The van der Waals surface area contributed by atoms with E-state index in [-0.39, 0.29) is 5.91 Å². The maximum Gasteiger partial charge on any atom is 0.339 e. The first-order valence-electron chi connectivity index (χ1n) is 7.66. The summed E-state index contributed by atoms with van der Waals surface area (Å²) in [4.78, 5) is 27.0. The van der Waals surface area contributed by atoms with Crippen LogP contribution in [0.15, 0.2) is 24.3 Å². The first-order valence-corrected chi connectivity index (χ1v) is 7.66. The number of ether oxygens (including phenoxy) is 2. The van der Waals surface area contributed by atoms with Crippen LogP contribution in [0.2, 0.25) is 0 Å². The van der Waals surface area contributed by atoms with Crippen LogP contribution < -0.4 is 10.1 Å². The van der Waals surface area contributed by atoms with Gasteiger partial charge in [-0.05, 0) is 43.5 Å². The lowest BCUT2D eigenvalue weighted by Crippen LogP contribution is -2.26. The minimum atomic E-state index is -0.446. The molecule has 6 heteroatoms. The van der Waals surface area contributed by atoms with Gasteiger partial charge in [-0.1, -0.05) is 12.1 Å². The summed E-state index contributed by atoms with van der Waals surface area (Å²) < 4.78 is 9.86. The van der Waals surface area contributed by atoms with Crippen LogP contribution in [-0.2, 0) is 11.2 Å². The van der Waals surface area contributed by atoms with E-state index < -0.39 is 5.97 Å². The van der Waals surface area contributed by atoms with Crippen molar-refractivity contribution in [2.75, 3.05) is 20.8 Å². The van der Waals surface area contributed by atoms with Crippen LogP contribution in [0.25, 0.3) is 0 Å². The number of carbonyl (C=O) groups excluding carboxylic acids is 2. The Morgan fingerprint density at radius 3 is 2.38 bits per heavy atom. The van der Waals surface area contributed by atoms with Gasteiger partial charge in [0.15, 0.2) is 0 Å². The Balaban J connectivity index is 1.98. The molecule has 0 aliphatic rings. The Hall–Kier alpha value is -2.76. The Morgan fingerprint density at radius 2 is 1.79 bits per heavy atom. The van der Waals surface area contributed by atoms with Gasteiger partial charge in [0.25, 0.3) is 5.91 Å². The highest BCUT2D eigenvalue weighted by Crippen LogP contribution is 2.18. The lowest BCUT2D eigenvalue weighted by Gasteiger charge is -2.06. The predicted molar refractivity (Wildman–Crippen MR) is 90.6 cm³/mol. The summed E-state index contributed by atoms with van der Waals surface area (Å²) >= 11 is 0. The van der Waals surface area contributed by atoms with Crippen molar-refractivity contribution in [1.82, 2.24) is 10.3 Å². The number of amides is 1. The molecule has 0 spiro atoms. The number of methoxy groups -OCH3 is 2. The number of nitrogens with one attached hydrogen (secondary N) is 2. The molecule has 2 rings (SSSR count). The number of hydrogen-bond donors (Lipinski definition) is 2. The molecule has 0 radical (unpaired) electrons. The molecule has 0 saturated carbocycles. The summed E-state index contributed by atoms with van der Waals surface area (Å²) in [6.45, 7) is 3.97. The van der Waals surface area contributed by atoms with Gasteiger partial charge in [-0.25, -0.2) is 4.79 Å². The second-order valence-electron chi connectivity index (χ2n) is 5.47. The molecular weight excluding hydrogens is 308 g/mol. The second kappa shape index (κ2) is 7.68. The molecule has 6 nitrogen and oxygen atoms in total. The zero-order valence-corrected chi connectivity index (χ0v) is 14.4. The number of benzene rings is 1. The Bertz CT molecular complexity index is 732. The monoisotopic (exact) mass is 330 g/mol. The molecule has 0 bridgehead atoms. The van der Waals surface area contributed by atoms with Gasteiger partial charge in [0.05, 0.1) is 19.8 Å². The largest absolute Gasteiger partial charge is 0.497 e. The van der Waals surface area contributed by atoms with E-state index >= 15 is 0 Å². The number of esters is 1. The molecule has 1 heterocycles. The van der Waals surface area contributed by atoms with Gasteiger partial charge in [-0.15, -0.1) is 0 Å². The van der Waals surface area contributed by atoms with Crippen LogP contribution in [0.1, 0.15) is 37.7 Å². The number of rotatable bonds is 6. The summed E-state index contributed by atoms with van der Waals surface area (Å²) in [7, 11) is 2.95. The number of aryl methyl sites for hydroxylation is 1. The van der Waals surface area contributed by atoms with Crippen molar-refractivity contribution >= 4 is 11.9 Å². The smallest absolute Gasteiger partial charge is 0.339 e. The molecule has 0 fully saturated rings. The van der Waals surface area contributed by atoms with Gasteiger partial charge in [0.2, 0.25) is 0 Å². The molecule has 1 amide bonds. The molecule has 24 heavy (non-hydrogen) atoms. The average Bonchev–Trinajstić information content (AvgIpc) is 2.89. The number of H-pyrrole nitrogens is 1. The highest BCUT2D eigenvalue weighted by molar-refractivity contribution is 6.00. The summed E-state index contributed by atoms with van der Waals surface area (Å²) in [5.74, 6) is 0.119. The molecule has 2 aromatic rings. The number of aromatic nitrogens is 1. The van der Waals surface area contributed by atoms with Crippen LogP contribution in [-0.4, -0.2) is 37.6 Å². The second-order valence-corrected chi connectivity index (χ2v) is 5.47. The number of carbonyl (C=O) groups is 2. The zero-order chi connectivity index (χ0) is 17.7. The Kier molecular flexibility index (Phi) is 5.63. The molecule has 1 aromatic carbocycles. The third-order valence-electron chi connectivity index (χ3n) is 3.91. The van der Waals surface area contributed by atoms with E-state index in [1.165, 1.54) is 7.11 Å². The van der Waals surface area contributed by atoms with Gasteiger partial charge in [0.1, 0.15) is 11.4 Å². The van der Waals surface area contributed by atoms with E-state index in [0.717, 1.165) is 11.3 Å². The quantitative estimate of drug-likeness (QED) is 0.797. The normalized spacial score (nSPS) is 10.3. The minimum absolute atomic E-state index is 0.237. The van der Waals surface area contributed by atoms with Crippen molar-refractivity contribution in [2.24, 2.45) is 0 Å². The lowest BCUT2D eigenvalue weighted by molar-refractivity contribution is 0.0599. The molecule has 0 aliphatic carbocycles. The third kappa shape index (κ3) is 3.76. The predicted octanol–water partition coefficient (Wildman–Crippen LogP) is 2.40. The fraction of sp³-hybridized carbons (Fsp3) is 0.333. The molecular formula is C18H22N2O4. The Morgan fingerprint density at radius 1 is 1.12 bits per heavy atom. The van der Waals surface area contributed by atoms with Gasteiger partial charge in [0, 0.05) is 12.2 Å². The molecule has 0 atom stereocenters. The molecule has 0 unspecified atom stereocenters. The number of aromatic amines is 1. The highest BCUT2D eigenvalue weighted by Gasteiger charge is 2.22. The zero-order valence-electron chi connectivity index (χ0n) is 14.4. The minimum Gasteiger partial charge on any atom is -0.497 e. The van der Waals surface area contributed by atoms with Crippen molar-refractivity contribution in [2.45, 2.75) is 20.3 Å². The van der Waals surface area contributed by atoms with Crippen molar-refractivity contribution in [3.63, 3.8) is 0 Å². The van der Waals surface area contributed by atoms with Crippen molar-refractivity contribution < 1.29 is 19.1 Å². The topological polar surface area (TPSA) is 80.4 Å². The van der Waals surface area contributed by atoms with Crippen LogP contribution in [0, 0.1) is 13.8 Å². The van der Waals surface area contributed by atoms with Crippen molar-refractivity contribution in [1.29, 1.82) is 0 Å². The van der Waals surface area contributed by atoms with Crippen LogP contribution in [0.5, 0.6) is 5.75 Å². The first-order chi connectivity index (χ1) is 11.5. The third-order valence-corrected chi connectivity index (χ3v) is 3.91. The van der Waals surface area contributed by atoms with E-state index in [2.05, 4.69) is 10.3 Å².